The van der Waals surface area contributed by atoms with Crippen LogP contribution in [0.1, 0.15) is 43.4 Å². The van der Waals surface area contributed by atoms with E-state index in [1.165, 1.54) is 0 Å². The first-order valence-electron chi connectivity index (χ1n) is 6.27. The zero-order valence-electron chi connectivity index (χ0n) is 10.9. The molecule has 0 aliphatic heterocycles. The lowest BCUT2D eigenvalue weighted by Crippen LogP contribution is -2.28. The average Bonchev–Trinajstić information content (AvgIpc) is 3.02. The summed E-state index contributed by atoms with van der Waals surface area (Å²) in [6, 6.07) is 1.77. The lowest BCUT2D eigenvalue weighted by atomic mass is 10.1. The van der Waals surface area contributed by atoms with Crippen LogP contribution in [-0.4, -0.2) is 15.0 Å². The Morgan fingerprint density at radius 2 is 2.16 bits per heavy atom. The van der Waals surface area contributed by atoms with Gasteiger partial charge in [-0.2, -0.15) is 0 Å². The van der Waals surface area contributed by atoms with Crippen LogP contribution in [0, 0.1) is 0 Å². The third-order valence-electron chi connectivity index (χ3n) is 3.06. The summed E-state index contributed by atoms with van der Waals surface area (Å²) in [5.41, 5.74) is -0.271. The van der Waals surface area contributed by atoms with Crippen molar-refractivity contribution in [3.05, 3.63) is 33.6 Å². The Kier molecular flexibility index (Phi) is 3.19. The summed E-state index contributed by atoms with van der Waals surface area (Å²) in [6.45, 7) is 4.16. The van der Waals surface area contributed by atoms with Crippen molar-refractivity contribution in [3.8, 4) is 0 Å². The summed E-state index contributed by atoms with van der Waals surface area (Å²) in [4.78, 5) is 13.2. The van der Waals surface area contributed by atoms with E-state index in [0.29, 0.717) is 11.1 Å². The molecule has 6 heteroatoms. The molecule has 1 aliphatic carbocycles. The fourth-order valence-electron chi connectivity index (χ4n) is 1.93. The maximum absolute atomic E-state index is 6.07. The standard InChI is InChI=1S/C13H15ClN4S/c1-13(2,12-15-5-6-19-12)18-10-7-9(14)16-11(17-10)8-3-4-8/h5-8H,3-4H2,1-2H3,(H,16,17,18). The Morgan fingerprint density at radius 1 is 1.37 bits per heavy atom. The molecule has 0 spiro atoms. The van der Waals surface area contributed by atoms with Gasteiger partial charge in [0.05, 0.1) is 5.54 Å². The third kappa shape index (κ3) is 2.87. The van der Waals surface area contributed by atoms with Crippen LogP contribution in [0.2, 0.25) is 5.15 Å². The molecule has 100 valence electrons. The molecule has 1 saturated carbocycles. The van der Waals surface area contributed by atoms with E-state index in [4.69, 9.17) is 11.6 Å². The van der Waals surface area contributed by atoms with E-state index in [1.807, 2.05) is 11.6 Å². The van der Waals surface area contributed by atoms with Crippen molar-refractivity contribution in [3.63, 3.8) is 0 Å². The second-order valence-electron chi connectivity index (χ2n) is 5.30. The van der Waals surface area contributed by atoms with E-state index in [9.17, 15) is 0 Å². The Balaban J connectivity index is 1.86. The van der Waals surface area contributed by atoms with Crippen LogP contribution in [0.3, 0.4) is 0 Å². The molecule has 2 aromatic rings. The SMILES string of the molecule is CC(C)(Nc1cc(Cl)nc(C2CC2)n1)c1nccs1. The maximum Gasteiger partial charge on any atom is 0.135 e. The highest BCUT2D eigenvalue weighted by Crippen LogP contribution is 2.39. The molecule has 2 aromatic heterocycles. The number of halogens is 1. The molecular formula is C13H15ClN4S. The summed E-state index contributed by atoms with van der Waals surface area (Å²) in [5.74, 6) is 2.11. The van der Waals surface area contributed by atoms with Gasteiger partial charge in [-0.05, 0) is 26.7 Å². The number of aromatic nitrogens is 3. The van der Waals surface area contributed by atoms with E-state index < -0.39 is 0 Å². The second-order valence-corrected chi connectivity index (χ2v) is 6.58. The van der Waals surface area contributed by atoms with Crippen LogP contribution in [-0.2, 0) is 5.54 Å². The number of anilines is 1. The topological polar surface area (TPSA) is 50.7 Å². The van der Waals surface area contributed by atoms with Crippen molar-refractivity contribution in [2.24, 2.45) is 0 Å². The highest BCUT2D eigenvalue weighted by Gasteiger charge is 2.29. The highest BCUT2D eigenvalue weighted by atomic mass is 35.5. The van der Waals surface area contributed by atoms with Crippen LogP contribution >= 0.6 is 22.9 Å². The van der Waals surface area contributed by atoms with E-state index in [0.717, 1.165) is 29.5 Å². The van der Waals surface area contributed by atoms with Gasteiger partial charge in [-0.1, -0.05) is 11.6 Å². The lowest BCUT2D eigenvalue weighted by molar-refractivity contribution is 0.599. The predicted molar refractivity (Wildman–Crippen MR) is 77.8 cm³/mol. The minimum atomic E-state index is -0.271. The molecule has 2 heterocycles. The van der Waals surface area contributed by atoms with Gasteiger partial charge in [-0.3, -0.25) is 0 Å². The molecule has 1 aliphatic rings. The molecule has 19 heavy (non-hydrogen) atoms. The molecule has 0 saturated heterocycles. The van der Waals surface area contributed by atoms with Gasteiger partial charge >= 0.3 is 0 Å². The smallest absolute Gasteiger partial charge is 0.135 e. The summed E-state index contributed by atoms with van der Waals surface area (Å²) in [5, 5.41) is 6.89. The monoisotopic (exact) mass is 294 g/mol. The zero-order chi connectivity index (χ0) is 13.5. The fraction of sp³-hybridized carbons (Fsp3) is 0.462. The van der Waals surface area contributed by atoms with Gasteiger partial charge in [0.25, 0.3) is 0 Å². The van der Waals surface area contributed by atoms with Crippen LogP contribution in [0.5, 0.6) is 0 Å². The Morgan fingerprint density at radius 3 is 2.79 bits per heavy atom. The van der Waals surface area contributed by atoms with Crippen LogP contribution in [0.15, 0.2) is 17.6 Å². The number of hydrogen-bond acceptors (Lipinski definition) is 5. The lowest BCUT2D eigenvalue weighted by Gasteiger charge is -2.24. The first-order chi connectivity index (χ1) is 9.04. The average molecular weight is 295 g/mol. The summed E-state index contributed by atoms with van der Waals surface area (Å²) in [6.07, 6.45) is 4.14. The van der Waals surface area contributed by atoms with E-state index in [-0.39, 0.29) is 5.54 Å². The molecule has 1 fully saturated rings. The molecule has 0 aromatic carbocycles. The van der Waals surface area contributed by atoms with Crippen molar-refractivity contribution >= 4 is 28.8 Å². The largest absolute Gasteiger partial charge is 0.359 e. The fourth-order valence-corrected chi connectivity index (χ4v) is 2.84. The summed E-state index contributed by atoms with van der Waals surface area (Å²) >= 11 is 7.70. The van der Waals surface area contributed by atoms with E-state index in [2.05, 4.69) is 34.1 Å². The Bertz CT molecular complexity index is 578. The molecule has 0 atom stereocenters. The van der Waals surface area contributed by atoms with Crippen LogP contribution in [0.4, 0.5) is 5.82 Å². The van der Waals surface area contributed by atoms with Gasteiger partial charge in [0.2, 0.25) is 0 Å². The third-order valence-corrected chi connectivity index (χ3v) is 4.35. The normalized spacial score (nSPS) is 15.5. The number of nitrogens with one attached hydrogen (secondary N) is 1. The number of rotatable bonds is 4. The molecule has 3 rings (SSSR count). The van der Waals surface area contributed by atoms with Gasteiger partial charge in [-0.25, -0.2) is 15.0 Å². The highest BCUT2D eigenvalue weighted by molar-refractivity contribution is 7.09. The summed E-state index contributed by atoms with van der Waals surface area (Å²) in [7, 11) is 0. The first-order valence-corrected chi connectivity index (χ1v) is 7.53. The van der Waals surface area contributed by atoms with Gasteiger partial charge in [0.1, 0.15) is 21.8 Å². The van der Waals surface area contributed by atoms with Gasteiger partial charge < -0.3 is 5.32 Å². The van der Waals surface area contributed by atoms with E-state index in [1.54, 1.807) is 17.4 Å². The van der Waals surface area contributed by atoms with Gasteiger partial charge in [-0.15, -0.1) is 11.3 Å². The van der Waals surface area contributed by atoms with E-state index >= 15 is 0 Å². The molecule has 0 bridgehead atoms. The second kappa shape index (κ2) is 4.72. The molecule has 0 amide bonds. The minimum Gasteiger partial charge on any atom is -0.359 e. The number of nitrogens with zero attached hydrogens (tertiary/aromatic N) is 3. The maximum atomic E-state index is 6.07. The number of hydrogen-bond donors (Lipinski definition) is 1. The molecular weight excluding hydrogens is 280 g/mol. The van der Waals surface area contributed by atoms with Crippen molar-refractivity contribution in [1.82, 2.24) is 15.0 Å². The van der Waals surface area contributed by atoms with Crippen LogP contribution < -0.4 is 5.32 Å². The molecule has 0 unspecified atom stereocenters. The summed E-state index contributed by atoms with van der Waals surface area (Å²) < 4.78 is 0. The Labute approximate surface area is 121 Å². The zero-order valence-corrected chi connectivity index (χ0v) is 12.4. The number of thiazole rings is 1. The first kappa shape index (κ1) is 12.8. The molecule has 0 radical (unpaired) electrons. The van der Waals surface area contributed by atoms with Crippen molar-refractivity contribution in [2.45, 2.75) is 38.1 Å². The van der Waals surface area contributed by atoms with Crippen molar-refractivity contribution < 1.29 is 0 Å². The van der Waals surface area contributed by atoms with Crippen molar-refractivity contribution in [1.29, 1.82) is 0 Å². The molecule has 4 nitrogen and oxygen atoms in total. The quantitative estimate of drug-likeness (QED) is 0.871. The van der Waals surface area contributed by atoms with Crippen LogP contribution in [0.25, 0.3) is 0 Å². The van der Waals surface area contributed by atoms with Crippen molar-refractivity contribution in [2.75, 3.05) is 5.32 Å². The minimum absolute atomic E-state index is 0.271. The van der Waals surface area contributed by atoms with Gasteiger partial charge in [0.15, 0.2) is 0 Å². The Hall–Kier alpha value is -1.20. The molecule has 1 N–H and O–H groups in total. The predicted octanol–water partition coefficient (Wildman–Crippen LogP) is 3.81. The van der Waals surface area contributed by atoms with Gasteiger partial charge in [0, 0.05) is 23.6 Å².